The summed E-state index contributed by atoms with van der Waals surface area (Å²) in [5, 5.41) is 7.37. The van der Waals surface area contributed by atoms with Gasteiger partial charge in [-0.25, -0.2) is 4.79 Å². The van der Waals surface area contributed by atoms with Gasteiger partial charge in [0.1, 0.15) is 5.60 Å². The predicted octanol–water partition coefficient (Wildman–Crippen LogP) is 2.91. The van der Waals surface area contributed by atoms with Crippen LogP contribution in [0.3, 0.4) is 0 Å². The van der Waals surface area contributed by atoms with Crippen LogP contribution >= 0.6 is 0 Å². The number of rotatable bonds is 4. The van der Waals surface area contributed by atoms with Gasteiger partial charge >= 0.3 is 6.09 Å². The summed E-state index contributed by atoms with van der Waals surface area (Å²) in [6.45, 7) is 8.16. The molecule has 26 heavy (non-hydrogen) atoms. The first-order chi connectivity index (χ1) is 12.3. The summed E-state index contributed by atoms with van der Waals surface area (Å²) >= 11 is 0. The lowest BCUT2D eigenvalue weighted by Crippen LogP contribution is -2.42. The zero-order chi connectivity index (χ0) is 18.7. The zero-order valence-corrected chi connectivity index (χ0v) is 16.0. The van der Waals surface area contributed by atoms with Crippen LogP contribution in [0, 0.1) is 0 Å². The SMILES string of the molecule is Cn1cc([C@H]2CN(Cc3ccccc3)C[C@@H]2NC(=O)OC(C)(C)C)cn1. The Balaban J connectivity index is 1.72. The van der Waals surface area contributed by atoms with Crippen LogP contribution in [-0.4, -0.2) is 45.5 Å². The van der Waals surface area contributed by atoms with Gasteiger partial charge in [-0.3, -0.25) is 9.58 Å². The standard InChI is InChI=1S/C20H28N4O2/c1-20(2,3)26-19(25)22-18-14-24(11-15-8-6-5-7-9-15)13-17(18)16-10-21-23(4)12-16/h5-10,12,17-18H,11,13-14H2,1-4H3,(H,22,25)/t17-,18+/m1/s1. The highest BCUT2D eigenvalue weighted by molar-refractivity contribution is 5.68. The first-order valence-corrected chi connectivity index (χ1v) is 9.04. The second kappa shape index (κ2) is 7.50. The van der Waals surface area contributed by atoms with Crippen molar-refractivity contribution in [1.29, 1.82) is 0 Å². The third-order valence-corrected chi connectivity index (χ3v) is 4.50. The smallest absolute Gasteiger partial charge is 0.407 e. The Morgan fingerprint density at radius 3 is 2.62 bits per heavy atom. The van der Waals surface area contributed by atoms with Crippen LogP contribution in [0.2, 0.25) is 0 Å². The number of ether oxygens (including phenoxy) is 1. The van der Waals surface area contributed by atoms with Gasteiger partial charge in [0.05, 0.1) is 12.2 Å². The number of alkyl carbamates (subject to hydrolysis) is 1. The second-order valence-corrected chi connectivity index (χ2v) is 7.99. The Hall–Kier alpha value is -2.34. The number of aromatic nitrogens is 2. The minimum atomic E-state index is -0.504. The molecule has 0 unspecified atom stereocenters. The van der Waals surface area contributed by atoms with Gasteiger partial charge in [-0.2, -0.15) is 5.10 Å². The molecule has 2 atom stereocenters. The molecule has 1 amide bonds. The fraction of sp³-hybridized carbons (Fsp3) is 0.500. The third kappa shape index (κ3) is 4.85. The van der Waals surface area contributed by atoms with Crippen LogP contribution in [-0.2, 0) is 18.3 Å². The van der Waals surface area contributed by atoms with Crippen molar-refractivity contribution in [2.45, 2.75) is 44.9 Å². The van der Waals surface area contributed by atoms with Gasteiger partial charge in [0, 0.05) is 38.8 Å². The fourth-order valence-electron chi connectivity index (χ4n) is 3.43. The Kier molecular flexibility index (Phi) is 5.32. The highest BCUT2D eigenvalue weighted by Gasteiger charge is 2.36. The molecule has 0 aliphatic carbocycles. The molecule has 0 bridgehead atoms. The van der Waals surface area contributed by atoms with Crippen LogP contribution < -0.4 is 5.32 Å². The summed E-state index contributed by atoms with van der Waals surface area (Å²) < 4.78 is 7.26. The Labute approximate surface area is 155 Å². The van der Waals surface area contributed by atoms with Crippen LogP contribution in [0.15, 0.2) is 42.7 Å². The topological polar surface area (TPSA) is 59.4 Å². The van der Waals surface area contributed by atoms with E-state index in [1.54, 1.807) is 4.68 Å². The lowest BCUT2D eigenvalue weighted by molar-refractivity contribution is 0.0502. The molecule has 1 fully saturated rings. The monoisotopic (exact) mass is 356 g/mol. The molecule has 140 valence electrons. The first-order valence-electron chi connectivity index (χ1n) is 9.04. The van der Waals surface area contributed by atoms with E-state index in [-0.39, 0.29) is 18.1 Å². The fourth-order valence-corrected chi connectivity index (χ4v) is 3.43. The molecule has 1 aliphatic heterocycles. The van der Waals surface area contributed by atoms with Gasteiger partial charge in [-0.05, 0) is 31.9 Å². The van der Waals surface area contributed by atoms with Crippen molar-refractivity contribution in [3.05, 3.63) is 53.9 Å². The molecule has 6 nitrogen and oxygen atoms in total. The van der Waals surface area contributed by atoms with Gasteiger partial charge in [-0.1, -0.05) is 30.3 Å². The number of nitrogens with zero attached hydrogens (tertiary/aromatic N) is 3. The molecule has 1 saturated heterocycles. The molecule has 2 heterocycles. The molecule has 1 aromatic carbocycles. The predicted molar refractivity (Wildman–Crippen MR) is 101 cm³/mol. The van der Waals surface area contributed by atoms with Crippen molar-refractivity contribution in [3.63, 3.8) is 0 Å². The number of carbonyl (C=O) groups excluding carboxylic acids is 1. The average Bonchev–Trinajstić information content (AvgIpc) is 3.12. The van der Waals surface area contributed by atoms with Crippen molar-refractivity contribution in [3.8, 4) is 0 Å². The van der Waals surface area contributed by atoms with Crippen LogP contribution in [0.4, 0.5) is 4.79 Å². The minimum Gasteiger partial charge on any atom is -0.444 e. The van der Waals surface area contributed by atoms with Crippen LogP contribution in [0.1, 0.15) is 37.8 Å². The van der Waals surface area contributed by atoms with Gasteiger partial charge < -0.3 is 10.1 Å². The van der Waals surface area contributed by atoms with E-state index in [4.69, 9.17) is 4.74 Å². The molecule has 1 N–H and O–H groups in total. The lowest BCUT2D eigenvalue weighted by Gasteiger charge is -2.24. The largest absolute Gasteiger partial charge is 0.444 e. The van der Waals surface area contributed by atoms with Crippen LogP contribution in [0.25, 0.3) is 0 Å². The number of hydrogen-bond donors (Lipinski definition) is 1. The maximum atomic E-state index is 12.3. The number of likely N-dealkylation sites (tertiary alicyclic amines) is 1. The summed E-state index contributed by atoms with van der Waals surface area (Å²) in [5.74, 6) is 0.194. The number of carbonyl (C=O) groups is 1. The first kappa shape index (κ1) is 18.5. The maximum absolute atomic E-state index is 12.3. The number of amides is 1. The van der Waals surface area contributed by atoms with E-state index in [0.717, 1.165) is 25.2 Å². The zero-order valence-electron chi connectivity index (χ0n) is 16.0. The lowest BCUT2D eigenvalue weighted by atomic mass is 9.97. The van der Waals surface area contributed by atoms with E-state index in [9.17, 15) is 4.79 Å². The quantitative estimate of drug-likeness (QED) is 0.915. The summed E-state index contributed by atoms with van der Waals surface area (Å²) in [6, 6.07) is 10.4. The van der Waals surface area contributed by atoms with Crippen molar-refractivity contribution >= 4 is 6.09 Å². The molecular formula is C20H28N4O2. The molecule has 2 aromatic rings. The second-order valence-electron chi connectivity index (χ2n) is 7.99. The Morgan fingerprint density at radius 1 is 1.27 bits per heavy atom. The molecule has 0 saturated carbocycles. The van der Waals surface area contributed by atoms with Crippen LogP contribution in [0.5, 0.6) is 0 Å². The summed E-state index contributed by atoms with van der Waals surface area (Å²) in [6.07, 6.45) is 3.55. The number of aryl methyl sites for hydroxylation is 1. The van der Waals surface area contributed by atoms with Crippen molar-refractivity contribution in [2.75, 3.05) is 13.1 Å². The third-order valence-electron chi connectivity index (χ3n) is 4.50. The highest BCUT2D eigenvalue weighted by Crippen LogP contribution is 2.28. The van der Waals surface area contributed by atoms with Gasteiger partial charge in [0.25, 0.3) is 0 Å². The minimum absolute atomic E-state index is 0.00207. The molecule has 0 spiro atoms. The summed E-state index contributed by atoms with van der Waals surface area (Å²) in [4.78, 5) is 14.7. The van der Waals surface area contributed by atoms with E-state index < -0.39 is 5.60 Å². The molecule has 6 heteroatoms. The number of benzene rings is 1. The van der Waals surface area contributed by atoms with E-state index in [0.29, 0.717) is 0 Å². The average molecular weight is 356 g/mol. The van der Waals surface area contributed by atoms with Gasteiger partial charge in [0.2, 0.25) is 0 Å². The normalized spacial score (nSPS) is 20.9. The number of hydrogen-bond acceptors (Lipinski definition) is 4. The van der Waals surface area contributed by atoms with Crippen molar-refractivity contribution < 1.29 is 9.53 Å². The van der Waals surface area contributed by atoms with E-state index in [1.807, 2.05) is 46.3 Å². The molecule has 1 aliphatic rings. The van der Waals surface area contributed by atoms with Crippen molar-refractivity contribution in [1.82, 2.24) is 20.0 Å². The molecule has 3 rings (SSSR count). The number of nitrogens with one attached hydrogen (secondary N) is 1. The Morgan fingerprint density at radius 2 is 2.00 bits per heavy atom. The van der Waals surface area contributed by atoms with Gasteiger partial charge in [-0.15, -0.1) is 0 Å². The van der Waals surface area contributed by atoms with E-state index >= 15 is 0 Å². The molecule has 1 aromatic heterocycles. The van der Waals surface area contributed by atoms with E-state index in [2.05, 4.69) is 39.6 Å². The van der Waals surface area contributed by atoms with Crippen molar-refractivity contribution in [2.24, 2.45) is 7.05 Å². The highest BCUT2D eigenvalue weighted by atomic mass is 16.6. The van der Waals surface area contributed by atoms with Gasteiger partial charge in [0.15, 0.2) is 0 Å². The summed E-state index contributed by atoms with van der Waals surface area (Å²) in [5.41, 5.74) is 1.91. The van der Waals surface area contributed by atoms with E-state index in [1.165, 1.54) is 5.56 Å². The Bertz CT molecular complexity index is 736. The summed E-state index contributed by atoms with van der Waals surface area (Å²) in [7, 11) is 1.91. The maximum Gasteiger partial charge on any atom is 0.407 e. The molecule has 0 radical (unpaired) electrons. The molecular weight excluding hydrogens is 328 g/mol.